The van der Waals surface area contributed by atoms with E-state index in [4.69, 9.17) is 14.2 Å². The minimum Gasteiger partial charge on any atom is -0.507 e. The first-order valence-electron chi connectivity index (χ1n) is 14.0. The van der Waals surface area contributed by atoms with Crippen molar-refractivity contribution in [3.05, 3.63) is 64.7 Å². The summed E-state index contributed by atoms with van der Waals surface area (Å²) >= 11 is 0. The molecule has 1 N–H and O–H groups in total. The van der Waals surface area contributed by atoms with E-state index in [0.717, 1.165) is 49.4 Å². The highest BCUT2D eigenvalue weighted by atomic mass is 16.5. The number of hydrogen-bond acceptors (Lipinski definition) is 7. The normalized spacial score (nSPS) is 19.5. The third kappa shape index (κ3) is 6.81. The number of nitrogens with zero attached hydrogens (tertiary/aromatic N) is 2. The highest BCUT2D eigenvalue weighted by molar-refractivity contribution is 6.46. The van der Waals surface area contributed by atoms with Crippen molar-refractivity contribution >= 4 is 17.4 Å². The van der Waals surface area contributed by atoms with Gasteiger partial charge in [0, 0.05) is 31.7 Å². The summed E-state index contributed by atoms with van der Waals surface area (Å²) in [4.78, 5) is 30.7. The Morgan fingerprint density at radius 1 is 0.949 bits per heavy atom. The molecule has 2 aliphatic rings. The predicted octanol–water partition coefficient (Wildman–Crippen LogP) is 4.72. The Balaban J connectivity index is 1.66. The van der Waals surface area contributed by atoms with E-state index in [1.54, 1.807) is 17.0 Å². The lowest BCUT2D eigenvalue weighted by Gasteiger charge is -2.29. The summed E-state index contributed by atoms with van der Waals surface area (Å²) in [6, 6.07) is 12.1. The van der Waals surface area contributed by atoms with Crippen LogP contribution in [0.4, 0.5) is 0 Å². The molecule has 8 heteroatoms. The molecule has 1 unspecified atom stereocenters. The topological polar surface area (TPSA) is 88.5 Å². The molecule has 0 saturated carbocycles. The summed E-state index contributed by atoms with van der Waals surface area (Å²) < 4.78 is 16.9. The lowest BCUT2D eigenvalue weighted by Crippen LogP contribution is -2.38. The SMILES string of the molecule is CCCOc1ccc(C2/C(=C(\O)c3ccc(OCCC)cc3C)C(=O)C(=O)N2CCCN2CCOCC2)cc1. The van der Waals surface area contributed by atoms with Crippen molar-refractivity contribution in [2.45, 2.75) is 46.1 Å². The Bertz CT molecular complexity index is 1170. The van der Waals surface area contributed by atoms with E-state index in [0.29, 0.717) is 50.7 Å². The molecule has 2 heterocycles. The maximum Gasteiger partial charge on any atom is 0.295 e. The van der Waals surface area contributed by atoms with Gasteiger partial charge in [-0.1, -0.05) is 26.0 Å². The lowest BCUT2D eigenvalue weighted by atomic mass is 9.93. The summed E-state index contributed by atoms with van der Waals surface area (Å²) in [7, 11) is 0. The number of amides is 1. The van der Waals surface area contributed by atoms with Crippen LogP contribution in [0.2, 0.25) is 0 Å². The summed E-state index contributed by atoms with van der Waals surface area (Å²) in [5.41, 5.74) is 2.14. The average Bonchev–Trinajstić information content (AvgIpc) is 3.20. The molecule has 0 aliphatic carbocycles. The molecule has 0 spiro atoms. The van der Waals surface area contributed by atoms with E-state index in [1.165, 1.54) is 0 Å². The second-order valence-corrected chi connectivity index (χ2v) is 10.0. The molecule has 4 rings (SSSR count). The Labute approximate surface area is 231 Å². The molecule has 0 radical (unpaired) electrons. The molecule has 8 nitrogen and oxygen atoms in total. The molecule has 0 aromatic heterocycles. The molecule has 1 amide bonds. The number of aryl methyl sites for hydroxylation is 1. The van der Waals surface area contributed by atoms with E-state index in [2.05, 4.69) is 4.90 Å². The Kier molecular flexibility index (Phi) is 10.0. The van der Waals surface area contributed by atoms with Crippen LogP contribution in [0.25, 0.3) is 5.76 Å². The first kappa shape index (κ1) is 28.6. The molecule has 2 aromatic rings. The highest BCUT2D eigenvalue weighted by Crippen LogP contribution is 2.40. The zero-order valence-electron chi connectivity index (χ0n) is 23.3. The largest absolute Gasteiger partial charge is 0.507 e. The fourth-order valence-electron chi connectivity index (χ4n) is 5.07. The number of likely N-dealkylation sites (tertiary alicyclic amines) is 1. The van der Waals surface area contributed by atoms with E-state index >= 15 is 0 Å². The van der Waals surface area contributed by atoms with Crippen LogP contribution in [-0.4, -0.2) is 79.2 Å². The monoisotopic (exact) mass is 536 g/mol. The van der Waals surface area contributed by atoms with Crippen LogP contribution in [0.15, 0.2) is 48.0 Å². The molecule has 0 bridgehead atoms. The quantitative estimate of drug-likeness (QED) is 0.239. The molecule has 2 fully saturated rings. The van der Waals surface area contributed by atoms with Crippen LogP contribution in [0.3, 0.4) is 0 Å². The van der Waals surface area contributed by atoms with Gasteiger partial charge < -0.3 is 24.2 Å². The fraction of sp³-hybridized carbons (Fsp3) is 0.484. The van der Waals surface area contributed by atoms with Gasteiger partial charge in [0.2, 0.25) is 0 Å². The first-order chi connectivity index (χ1) is 18.9. The van der Waals surface area contributed by atoms with Crippen molar-refractivity contribution in [2.24, 2.45) is 0 Å². The maximum atomic E-state index is 13.4. The van der Waals surface area contributed by atoms with Crippen LogP contribution in [0.5, 0.6) is 11.5 Å². The minimum atomic E-state index is -0.690. The van der Waals surface area contributed by atoms with Gasteiger partial charge in [-0.2, -0.15) is 0 Å². The lowest BCUT2D eigenvalue weighted by molar-refractivity contribution is -0.140. The Hall–Kier alpha value is -3.36. The van der Waals surface area contributed by atoms with Crippen LogP contribution in [-0.2, 0) is 14.3 Å². The van der Waals surface area contributed by atoms with Crippen LogP contribution in [0, 0.1) is 6.92 Å². The van der Waals surface area contributed by atoms with E-state index in [1.807, 2.05) is 51.1 Å². The van der Waals surface area contributed by atoms with Gasteiger partial charge in [-0.25, -0.2) is 0 Å². The molecule has 2 aromatic carbocycles. The Morgan fingerprint density at radius 3 is 2.23 bits per heavy atom. The van der Waals surface area contributed by atoms with Gasteiger partial charge in [0.05, 0.1) is 38.0 Å². The summed E-state index contributed by atoms with van der Waals surface area (Å²) in [5, 5.41) is 11.5. The number of Topliss-reactive ketones (excluding diaryl/α,β-unsaturated/α-hetero) is 1. The third-order valence-corrected chi connectivity index (χ3v) is 7.11. The second-order valence-electron chi connectivity index (χ2n) is 10.0. The van der Waals surface area contributed by atoms with Crippen molar-refractivity contribution in [3.63, 3.8) is 0 Å². The van der Waals surface area contributed by atoms with Gasteiger partial charge in [-0.15, -0.1) is 0 Å². The summed E-state index contributed by atoms with van der Waals surface area (Å²) in [5.74, 6) is 0.00762. The number of ether oxygens (including phenoxy) is 3. The summed E-state index contributed by atoms with van der Waals surface area (Å²) in [6.07, 6.45) is 2.49. The average molecular weight is 537 g/mol. The van der Waals surface area contributed by atoms with Gasteiger partial charge in [0.1, 0.15) is 17.3 Å². The number of aliphatic hydroxyl groups is 1. The minimum absolute atomic E-state index is 0.110. The molecule has 39 heavy (non-hydrogen) atoms. The van der Waals surface area contributed by atoms with Crippen LogP contribution in [0.1, 0.15) is 55.8 Å². The molecule has 2 aliphatic heterocycles. The molecular weight excluding hydrogens is 496 g/mol. The molecule has 1 atom stereocenters. The third-order valence-electron chi connectivity index (χ3n) is 7.11. The predicted molar refractivity (Wildman–Crippen MR) is 150 cm³/mol. The standard InChI is InChI=1S/C31H40N2O6/c1-4-17-38-24-9-7-23(8-10-24)28-27(29(34)26-12-11-25(21-22(26)3)39-18-5-2)30(35)31(36)33(28)14-6-13-32-15-19-37-20-16-32/h7-12,21,28,34H,4-6,13-20H2,1-3H3/b29-27+. The smallest absolute Gasteiger partial charge is 0.295 e. The van der Waals surface area contributed by atoms with Crippen LogP contribution < -0.4 is 9.47 Å². The number of ketones is 1. The van der Waals surface area contributed by atoms with Crippen molar-refractivity contribution in [2.75, 3.05) is 52.6 Å². The number of benzene rings is 2. The van der Waals surface area contributed by atoms with Gasteiger partial charge >= 0.3 is 0 Å². The highest BCUT2D eigenvalue weighted by Gasteiger charge is 2.46. The van der Waals surface area contributed by atoms with Crippen molar-refractivity contribution in [1.29, 1.82) is 0 Å². The second kappa shape index (κ2) is 13.6. The van der Waals surface area contributed by atoms with Gasteiger partial charge in [-0.05, 0) is 67.6 Å². The van der Waals surface area contributed by atoms with Crippen molar-refractivity contribution in [1.82, 2.24) is 9.80 Å². The molecule has 210 valence electrons. The van der Waals surface area contributed by atoms with Gasteiger partial charge in [0.15, 0.2) is 0 Å². The zero-order valence-corrected chi connectivity index (χ0v) is 23.3. The van der Waals surface area contributed by atoms with Crippen LogP contribution >= 0.6 is 0 Å². The first-order valence-corrected chi connectivity index (χ1v) is 14.0. The molecule has 2 saturated heterocycles. The number of carbonyl (C=O) groups excluding carboxylic acids is 2. The number of carbonyl (C=O) groups is 2. The zero-order chi connectivity index (χ0) is 27.8. The van der Waals surface area contributed by atoms with E-state index < -0.39 is 17.7 Å². The number of morpholine rings is 1. The van der Waals surface area contributed by atoms with E-state index in [-0.39, 0.29) is 11.3 Å². The Morgan fingerprint density at radius 2 is 1.59 bits per heavy atom. The van der Waals surface area contributed by atoms with Crippen molar-refractivity contribution < 1.29 is 28.9 Å². The van der Waals surface area contributed by atoms with Gasteiger partial charge in [0.25, 0.3) is 11.7 Å². The van der Waals surface area contributed by atoms with Crippen molar-refractivity contribution in [3.8, 4) is 11.5 Å². The van der Waals surface area contributed by atoms with Gasteiger partial charge in [-0.3, -0.25) is 14.5 Å². The van der Waals surface area contributed by atoms with E-state index in [9.17, 15) is 14.7 Å². The number of rotatable bonds is 12. The number of aliphatic hydroxyl groups excluding tert-OH is 1. The fourth-order valence-corrected chi connectivity index (χ4v) is 5.07. The summed E-state index contributed by atoms with van der Waals surface area (Å²) in [6.45, 7) is 11.5. The molecular formula is C31H40N2O6. The number of hydrogen-bond donors (Lipinski definition) is 1. The maximum absolute atomic E-state index is 13.4.